The Labute approximate surface area is 116 Å². The molecule has 0 bridgehead atoms. The van der Waals surface area contributed by atoms with Gasteiger partial charge >= 0.3 is 0 Å². The second-order valence-corrected chi connectivity index (χ2v) is 6.04. The van der Waals surface area contributed by atoms with E-state index in [0.29, 0.717) is 5.92 Å². The summed E-state index contributed by atoms with van der Waals surface area (Å²) < 4.78 is 14.5. The molecule has 0 aromatic heterocycles. The van der Waals surface area contributed by atoms with Gasteiger partial charge in [-0.3, -0.25) is 4.79 Å². The van der Waals surface area contributed by atoms with Crippen LogP contribution in [0.1, 0.15) is 49.4 Å². The van der Waals surface area contributed by atoms with Crippen molar-refractivity contribution in [3.05, 3.63) is 34.1 Å². The summed E-state index contributed by atoms with van der Waals surface area (Å²) in [6, 6.07) is 4.59. The molecular formula is C15H18BrFO. The highest BCUT2D eigenvalue weighted by molar-refractivity contribution is 9.10. The number of carbonyl (C=O) groups is 1. The Bertz CT molecular complexity index is 444. The summed E-state index contributed by atoms with van der Waals surface area (Å²) >= 11 is 3.30. The molecule has 0 saturated heterocycles. The number of rotatable bonds is 3. The molecule has 0 aliphatic heterocycles. The molecule has 98 valence electrons. The maximum atomic E-state index is 13.7. The highest BCUT2D eigenvalue weighted by Crippen LogP contribution is 2.33. The fourth-order valence-electron chi connectivity index (χ4n) is 2.81. The Morgan fingerprint density at radius 1 is 1.44 bits per heavy atom. The number of Topliss-reactive ketones (excluding diaryl/α,β-unsaturated/α-hetero) is 1. The number of hydrogen-bond acceptors (Lipinski definition) is 1. The third kappa shape index (κ3) is 3.00. The van der Waals surface area contributed by atoms with Crippen LogP contribution in [0.5, 0.6) is 0 Å². The molecule has 2 rings (SSSR count). The van der Waals surface area contributed by atoms with Gasteiger partial charge in [0, 0.05) is 10.4 Å². The number of hydrogen-bond donors (Lipinski definition) is 0. The van der Waals surface area contributed by atoms with E-state index < -0.39 is 5.82 Å². The van der Waals surface area contributed by atoms with Crippen LogP contribution < -0.4 is 0 Å². The standard InChI is InChI=1S/C15H18BrFO/c1-2-10-4-3-5-11(8-10)15(18)13-9-12(16)6-7-14(13)17/h6-7,9-11H,2-5,8H2,1H3. The van der Waals surface area contributed by atoms with Crippen molar-refractivity contribution >= 4 is 21.7 Å². The Hall–Kier alpha value is -0.700. The van der Waals surface area contributed by atoms with Crippen LogP contribution >= 0.6 is 15.9 Å². The first-order valence-corrected chi connectivity index (χ1v) is 7.40. The van der Waals surface area contributed by atoms with Crippen molar-refractivity contribution in [2.24, 2.45) is 11.8 Å². The lowest BCUT2D eigenvalue weighted by atomic mass is 9.77. The van der Waals surface area contributed by atoms with E-state index in [1.54, 1.807) is 12.1 Å². The molecule has 18 heavy (non-hydrogen) atoms. The molecule has 1 aliphatic carbocycles. The summed E-state index contributed by atoms with van der Waals surface area (Å²) in [6.45, 7) is 2.16. The molecule has 2 unspecified atom stereocenters. The van der Waals surface area contributed by atoms with Crippen LogP contribution in [-0.4, -0.2) is 5.78 Å². The van der Waals surface area contributed by atoms with Gasteiger partial charge in [-0.1, -0.05) is 42.1 Å². The summed E-state index contributed by atoms with van der Waals surface area (Å²) in [5.41, 5.74) is 0.242. The molecular weight excluding hydrogens is 295 g/mol. The van der Waals surface area contributed by atoms with Crippen molar-refractivity contribution in [2.45, 2.75) is 39.0 Å². The number of halogens is 2. The summed E-state index contributed by atoms with van der Waals surface area (Å²) in [7, 11) is 0. The van der Waals surface area contributed by atoms with Crippen molar-refractivity contribution in [3.8, 4) is 0 Å². The van der Waals surface area contributed by atoms with Crippen molar-refractivity contribution in [1.29, 1.82) is 0 Å². The second kappa shape index (κ2) is 5.96. The van der Waals surface area contributed by atoms with Crippen LogP contribution in [-0.2, 0) is 0 Å². The van der Waals surface area contributed by atoms with Gasteiger partial charge in [0.1, 0.15) is 5.82 Å². The minimum atomic E-state index is -0.401. The molecule has 1 nitrogen and oxygen atoms in total. The van der Waals surface area contributed by atoms with Crippen LogP contribution in [0, 0.1) is 17.7 Å². The zero-order valence-electron chi connectivity index (χ0n) is 10.6. The lowest BCUT2D eigenvalue weighted by Crippen LogP contribution is -2.23. The largest absolute Gasteiger partial charge is 0.294 e. The number of benzene rings is 1. The minimum Gasteiger partial charge on any atom is -0.294 e. The maximum Gasteiger partial charge on any atom is 0.168 e. The van der Waals surface area contributed by atoms with Crippen LogP contribution in [0.15, 0.2) is 22.7 Å². The molecule has 2 atom stereocenters. The van der Waals surface area contributed by atoms with Crippen LogP contribution in [0.3, 0.4) is 0 Å². The van der Waals surface area contributed by atoms with Gasteiger partial charge in [-0.05, 0) is 37.0 Å². The molecule has 1 aromatic carbocycles. The van der Waals surface area contributed by atoms with Crippen LogP contribution in [0.25, 0.3) is 0 Å². The molecule has 1 aromatic rings. The van der Waals surface area contributed by atoms with Crippen molar-refractivity contribution in [1.82, 2.24) is 0 Å². The van der Waals surface area contributed by atoms with E-state index in [1.165, 1.54) is 12.5 Å². The normalized spacial score (nSPS) is 23.9. The predicted molar refractivity (Wildman–Crippen MR) is 74.2 cm³/mol. The Morgan fingerprint density at radius 3 is 2.94 bits per heavy atom. The predicted octanol–water partition coefficient (Wildman–Crippen LogP) is 4.99. The van der Waals surface area contributed by atoms with Crippen molar-refractivity contribution < 1.29 is 9.18 Å². The first-order valence-electron chi connectivity index (χ1n) is 6.61. The third-order valence-electron chi connectivity index (χ3n) is 3.92. The Morgan fingerprint density at radius 2 is 2.22 bits per heavy atom. The fraction of sp³-hybridized carbons (Fsp3) is 0.533. The topological polar surface area (TPSA) is 17.1 Å². The minimum absolute atomic E-state index is 0.00694. The molecule has 0 spiro atoms. The highest BCUT2D eigenvalue weighted by Gasteiger charge is 2.28. The summed E-state index contributed by atoms with van der Waals surface area (Å²) in [5, 5.41) is 0. The number of ketones is 1. The molecule has 1 aliphatic rings. The van der Waals surface area contributed by atoms with E-state index in [-0.39, 0.29) is 17.3 Å². The van der Waals surface area contributed by atoms with Gasteiger partial charge in [-0.2, -0.15) is 0 Å². The lowest BCUT2D eigenvalue weighted by molar-refractivity contribution is 0.0857. The van der Waals surface area contributed by atoms with Gasteiger partial charge < -0.3 is 0 Å². The highest BCUT2D eigenvalue weighted by atomic mass is 79.9. The maximum absolute atomic E-state index is 13.7. The Balaban J connectivity index is 2.17. The molecule has 3 heteroatoms. The van der Waals surface area contributed by atoms with E-state index >= 15 is 0 Å². The fourth-order valence-corrected chi connectivity index (χ4v) is 3.17. The molecule has 1 saturated carbocycles. The van der Waals surface area contributed by atoms with Crippen LogP contribution in [0.2, 0.25) is 0 Å². The lowest BCUT2D eigenvalue weighted by Gasteiger charge is -2.27. The summed E-state index contributed by atoms with van der Waals surface area (Å²) in [5.74, 6) is 0.212. The molecule has 0 N–H and O–H groups in total. The zero-order chi connectivity index (χ0) is 13.1. The van der Waals surface area contributed by atoms with E-state index in [2.05, 4.69) is 22.9 Å². The molecule has 0 heterocycles. The first-order chi connectivity index (χ1) is 8.61. The van der Waals surface area contributed by atoms with Gasteiger partial charge in [-0.25, -0.2) is 4.39 Å². The smallest absolute Gasteiger partial charge is 0.168 e. The number of carbonyl (C=O) groups excluding carboxylic acids is 1. The Kier molecular flexibility index (Phi) is 4.55. The van der Waals surface area contributed by atoms with Gasteiger partial charge in [-0.15, -0.1) is 0 Å². The quantitative estimate of drug-likeness (QED) is 0.719. The van der Waals surface area contributed by atoms with Gasteiger partial charge in [0.05, 0.1) is 5.56 Å². The average Bonchev–Trinajstić information content (AvgIpc) is 2.41. The van der Waals surface area contributed by atoms with Crippen LogP contribution in [0.4, 0.5) is 4.39 Å². The van der Waals surface area contributed by atoms with Gasteiger partial charge in [0.15, 0.2) is 5.78 Å². The summed E-state index contributed by atoms with van der Waals surface area (Å²) in [4.78, 5) is 12.4. The van der Waals surface area contributed by atoms with Crippen molar-refractivity contribution in [2.75, 3.05) is 0 Å². The van der Waals surface area contributed by atoms with E-state index in [1.807, 2.05) is 0 Å². The molecule has 1 fully saturated rings. The molecule has 0 amide bonds. The summed E-state index contributed by atoms with van der Waals surface area (Å²) in [6.07, 6.45) is 5.24. The zero-order valence-corrected chi connectivity index (χ0v) is 12.2. The molecule has 0 radical (unpaired) electrons. The van der Waals surface area contributed by atoms with Gasteiger partial charge in [0.2, 0.25) is 0 Å². The van der Waals surface area contributed by atoms with E-state index in [9.17, 15) is 9.18 Å². The van der Waals surface area contributed by atoms with Gasteiger partial charge in [0.25, 0.3) is 0 Å². The monoisotopic (exact) mass is 312 g/mol. The average molecular weight is 313 g/mol. The van der Waals surface area contributed by atoms with Crippen molar-refractivity contribution in [3.63, 3.8) is 0 Å². The van der Waals surface area contributed by atoms with E-state index in [4.69, 9.17) is 0 Å². The first kappa shape index (κ1) is 13.7. The second-order valence-electron chi connectivity index (χ2n) is 5.13. The van der Waals surface area contributed by atoms with E-state index in [0.717, 1.165) is 30.2 Å². The third-order valence-corrected chi connectivity index (χ3v) is 4.42. The SMILES string of the molecule is CCC1CCCC(C(=O)c2cc(Br)ccc2F)C1.